The molecular formula is C18H20ClN5O2. The van der Waals surface area contributed by atoms with Crippen LogP contribution in [-0.4, -0.2) is 33.7 Å². The molecule has 1 N–H and O–H groups in total. The number of benzene rings is 1. The quantitative estimate of drug-likeness (QED) is 0.657. The summed E-state index contributed by atoms with van der Waals surface area (Å²) < 4.78 is 12.7. The van der Waals surface area contributed by atoms with E-state index in [-0.39, 0.29) is 5.28 Å². The van der Waals surface area contributed by atoms with Gasteiger partial charge in [0.2, 0.25) is 5.28 Å². The first-order chi connectivity index (χ1) is 12.7. The Morgan fingerprint density at radius 2 is 1.88 bits per heavy atom. The van der Waals surface area contributed by atoms with Crippen LogP contribution in [0.5, 0.6) is 11.5 Å². The number of halogens is 1. The summed E-state index contributed by atoms with van der Waals surface area (Å²) in [6.45, 7) is 0.913. The van der Waals surface area contributed by atoms with Crippen molar-refractivity contribution in [3.8, 4) is 11.5 Å². The van der Waals surface area contributed by atoms with Crippen LogP contribution >= 0.6 is 11.6 Å². The van der Waals surface area contributed by atoms with Crippen LogP contribution in [0.25, 0.3) is 11.2 Å². The molecule has 0 radical (unpaired) electrons. The lowest BCUT2D eigenvalue weighted by molar-refractivity contribution is 0.279. The van der Waals surface area contributed by atoms with Crippen LogP contribution in [0.1, 0.15) is 19.3 Å². The van der Waals surface area contributed by atoms with E-state index in [2.05, 4.69) is 24.8 Å². The molecule has 1 aliphatic carbocycles. The van der Waals surface area contributed by atoms with Gasteiger partial charge >= 0.3 is 0 Å². The SMILES string of the molecule is COc1cc(Nc2nc(Cl)nc3c2ncn3CC2CCC2)cc(OC)c1. The molecule has 2 heterocycles. The van der Waals surface area contributed by atoms with Crippen molar-refractivity contribution in [2.45, 2.75) is 25.8 Å². The average Bonchev–Trinajstić information content (AvgIpc) is 3.00. The zero-order chi connectivity index (χ0) is 18.1. The predicted molar refractivity (Wildman–Crippen MR) is 101 cm³/mol. The molecule has 0 bridgehead atoms. The molecular weight excluding hydrogens is 354 g/mol. The number of ether oxygens (including phenoxy) is 2. The smallest absolute Gasteiger partial charge is 0.226 e. The van der Waals surface area contributed by atoms with Crippen LogP contribution in [-0.2, 0) is 6.54 Å². The molecule has 2 aromatic heterocycles. The second-order valence-electron chi connectivity index (χ2n) is 6.43. The van der Waals surface area contributed by atoms with Crippen molar-refractivity contribution in [2.75, 3.05) is 19.5 Å². The molecule has 1 saturated carbocycles. The van der Waals surface area contributed by atoms with E-state index in [1.165, 1.54) is 19.3 Å². The van der Waals surface area contributed by atoms with Crippen LogP contribution in [0.2, 0.25) is 5.28 Å². The molecule has 26 heavy (non-hydrogen) atoms. The van der Waals surface area contributed by atoms with Crippen LogP contribution < -0.4 is 14.8 Å². The molecule has 1 aliphatic rings. The highest BCUT2D eigenvalue weighted by molar-refractivity contribution is 6.28. The van der Waals surface area contributed by atoms with E-state index < -0.39 is 0 Å². The lowest BCUT2D eigenvalue weighted by Gasteiger charge is -2.25. The lowest BCUT2D eigenvalue weighted by atomic mass is 9.85. The molecule has 136 valence electrons. The minimum absolute atomic E-state index is 0.185. The zero-order valence-electron chi connectivity index (χ0n) is 14.7. The van der Waals surface area contributed by atoms with Gasteiger partial charge < -0.3 is 19.4 Å². The zero-order valence-corrected chi connectivity index (χ0v) is 15.5. The van der Waals surface area contributed by atoms with E-state index in [4.69, 9.17) is 21.1 Å². The summed E-state index contributed by atoms with van der Waals surface area (Å²) in [5, 5.41) is 3.45. The topological polar surface area (TPSA) is 74.1 Å². The van der Waals surface area contributed by atoms with Crippen LogP contribution in [0.3, 0.4) is 0 Å². The number of anilines is 2. The summed E-state index contributed by atoms with van der Waals surface area (Å²) in [6.07, 6.45) is 5.63. The number of nitrogens with one attached hydrogen (secondary N) is 1. The van der Waals surface area contributed by atoms with Crippen molar-refractivity contribution in [3.05, 3.63) is 29.8 Å². The van der Waals surface area contributed by atoms with Gasteiger partial charge in [-0.2, -0.15) is 9.97 Å². The van der Waals surface area contributed by atoms with Crippen molar-refractivity contribution in [1.82, 2.24) is 19.5 Å². The van der Waals surface area contributed by atoms with Crippen LogP contribution in [0.4, 0.5) is 11.5 Å². The normalized spacial score (nSPS) is 14.3. The summed E-state index contributed by atoms with van der Waals surface area (Å²) in [7, 11) is 3.22. The molecule has 0 unspecified atom stereocenters. The Bertz CT molecular complexity index is 916. The highest BCUT2D eigenvalue weighted by Gasteiger charge is 2.20. The van der Waals surface area contributed by atoms with Crippen molar-refractivity contribution in [1.29, 1.82) is 0 Å². The maximum absolute atomic E-state index is 6.17. The lowest BCUT2D eigenvalue weighted by Crippen LogP contribution is -2.17. The van der Waals surface area contributed by atoms with E-state index >= 15 is 0 Å². The molecule has 4 rings (SSSR count). The molecule has 0 amide bonds. The minimum Gasteiger partial charge on any atom is -0.497 e. The van der Waals surface area contributed by atoms with Crippen molar-refractivity contribution >= 4 is 34.3 Å². The fourth-order valence-corrected chi connectivity index (χ4v) is 3.27. The van der Waals surface area contributed by atoms with E-state index in [1.807, 2.05) is 18.5 Å². The number of imidazole rings is 1. The Labute approximate surface area is 156 Å². The highest BCUT2D eigenvalue weighted by Crippen LogP contribution is 2.32. The first-order valence-corrected chi connectivity index (χ1v) is 8.92. The summed E-state index contributed by atoms with van der Waals surface area (Å²) in [6, 6.07) is 5.52. The standard InChI is InChI=1S/C18H20ClN5O2/c1-25-13-6-12(7-14(8-13)26-2)21-16-15-17(23-18(19)22-16)24(10-20-15)9-11-4-3-5-11/h6-8,10-11H,3-5,9H2,1-2H3,(H,21,22,23). The van der Waals surface area contributed by atoms with Crippen LogP contribution in [0, 0.1) is 5.92 Å². The molecule has 7 nitrogen and oxygen atoms in total. The fraction of sp³-hybridized carbons (Fsp3) is 0.389. The van der Waals surface area contributed by atoms with E-state index in [9.17, 15) is 0 Å². The molecule has 1 aromatic carbocycles. The predicted octanol–water partition coefficient (Wildman–Crippen LogP) is 4.04. The molecule has 8 heteroatoms. The van der Waals surface area contributed by atoms with Gasteiger partial charge in [-0.1, -0.05) is 6.42 Å². The largest absolute Gasteiger partial charge is 0.497 e. The van der Waals surface area contributed by atoms with Crippen molar-refractivity contribution in [2.24, 2.45) is 5.92 Å². The number of aromatic nitrogens is 4. The van der Waals surface area contributed by atoms with Gasteiger partial charge in [0, 0.05) is 30.4 Å². The van der Waals surface area contributed by atoms with E-state index in [1.54, 1.807) is 20.3 Å². The Hall–Kier alpha value is -2.54. The number of methoxy groups -OCH3 is 2. The summed E-state index contributed by atoms with van der Waals surface area (Å²) in [5.74, 6) is 2.61. The van der Waals surface area contributed by atoms with Gasteiger partial charge in [0.25, 0.3) is 0 Å². The monoisotopic (exact) mass is 373 g/mol. The summed E-state index contributed by atoms with van der Waals surface area (Å²) >= 11 is 6.17. The average molecular weight is 374 g/mol. The van der Waals surface area contributed by atoms with Crippen molar-refractivity contribution in [3.63, 3.8) is 0 Å². The van der Waals surface area contributed by atoms with Gasteiger partial charge in [-0.05, 0) is 30.4 Å². The number of nitrogens with zero attached hydrogens (tertiary/aromatic N) is 4. The van der Waals surface area contributed by atoms with E-state index in [0.29, 0.717) is 28.8 Å². The minimum atomic E-state index is 0.185. The van der Waals surface area contributed by atoms with Gasteiger partial charge in [0.15, 0.2) is 17.0 Å². The molecule has 0 aliphatic heterocycles. The number of fused-ring (bicyclic) bond motifs is 1. The second kappa shape index (κ2) is 6.99. The third kappa shape index (κ3) is 3.26. The number of hydrogen-bond donors (Lipinski definition) is 1. The Kier molecular flexibility index (Phi) is 4.55. The number of hydrogen-bond acceptors (Lipinski definition) is 6. The molecule has 1 fully saturated rings. The van der Waals surface area contributed by atoms with Gasteiger partial charge in [-0.25, -0.2) is 4.98 Å². The first kappa shape index (κ1) is 16.9. The molecule has 3 aromatic rings. The maximum atomic E-state index is 6.17. The molecule has 0 saturated heterocycles. The fourth-order valence-electron chi connectivity index (χ4n) is 3.11. The summed E-state index contributed by atoms with van der Waals surface area (Å²) in [5.41, 5.74) is 2.20. The van der Waals surface area contributed by atoms with Gasteiger partial charge in [0.1, 0.15) is 11.5 Å². The first-order valence-electron chi connectivity index (χ1n) is 8.54. The molecule has 0 atom stereocenters. The third-order valence-electron chi connectivity index (χ3n) is 4.73. The van der Waals surface area contributed by atoms with Crippen LogP contribution in [0.15, 0.2) is 24.5 Å². The van der Waals surface area contributed by atoms with Gasteiger partial charge in [-0.3, -0.25) is 0 Å². The Balaban J connectivity index is 1.70. The number of rotatable bonds is 6. The highest BCUT2D eigenvalue weighted by atomic mass is 35.5. The van der Waals surface area contributed by atoms with Gasteiger partial charge in [-0.15, -0.1) is 0 Å². The van der Waals surface area contributed by atoms with E-state index in [0.717, 1.165) is 17.9 Å². The second-order valence-corrected chi connectivity index (χ2v) is 6.77. The Morgan fingerprint density at radius 3 is 2.50 bits per heavy atom. The maximum Gasteiger partial charge on any atom is 0.226 e. The van der Waals surface area contributed by atoms with Crippen molar-refractivity contribution < 1.29 is 9.47 Å². The summed E-state index contributed by atoms with van der Waals surface area (Å²) in [4.78, 5) is 13.2. The van der Waals surface area contributed by atoms with Gasteiger partial charge in [0.05, 0.1) is 20.5 Å². The Morgan fingerprint density at radius 1 is 1.15 bits per heavy atom. The third-order valence-corrected chi connectivity index (χ3v) is 4.90. The molecule has 0 spiro atoms.